The molecule has 2 heterocycles. The molecule has 0 saturated heterocycles. The number of anilines is 1. The minimum Gasteiger partial charge on any atom is -0.333 e. The van der Waals surface area contributed by atoms with Gasteiger partial charge in [-0.1, -0.05) is 65.8 Å². The second-order valence-corrected chi connectivity index (χ2v) is 6.97. The summed E-state index contributed by atoms with van der Waals surface area (Å²) < 4.78 is 5.26. The van der Waals surface area contributed by atoms with Crippen LogP contribution in [0.3, 0.4) is 0 Å². The average Bonchev–Trinajstić information content (AvgIpc) is 3.32. The van der Waals surface area contributed by atoms with Crippen LogP contribution in [0.25, 0.3) is 10.8 Å². The van der Waals surface area contributed by atoms with Gasteiger partial charge < -0.3 is 9.84 Å². The number of thiophene rings is 1. The van der Waals surface area contributed by atoms with Crippen molar-refractivity contribution < 1.29 is 9.32 Å². The number of amides is 1. The van der Waals surface area contributed by atoms with E-state index in [4.69, 9.17) is 4.52 Å². The van der Waals surface area contributed by atoms with Crippen LogP contribution >= 0.6 is 11.3 Å². The van der Waals surface area contributed by atoms with Crippen LogP contribution in [-0.2, 0) is 4.79 Å². The first-order valence-corrected chi connectivity index (χ1v) is 9.39. The van der Waals surface area contributed by atoms with Crippen molar-refractivity contribution in [2.45, 2.75) is 12.8 Å². The number of carbonyl (C=O) groups excluding carboxylic acids is 1. The number of carbonyl (C=O) groups is 1. The number of hydrogen-bond donors (Lipinski definition) is 1. The van der Waals surface area contributed by atoms with E-state index in [-0.39, 0.29) is 5.91 Å². The van der Waals surface area contributed by atoms with Crippen molar-refractivity contribution in [1.29, 1.82) is 0 Å². The Morgan fingerprint density at radius 1 is 1.00 bits per heavy atom. The minimum atomic E-state index is -0.412. The van der Waals surface area contributed by atoms with E-state index in [1.54, 1.807) is 6.92 Å². The van der Waals surface area contributed by atoms with Crippen LogP contribution in [-0.4, -0.2) is 16.0 Å². The van der Waals surface area contributed by atoms with Gasteiger partial charge in [-0.15, -0.1) is 11.3 Å². The summed E-state index contributed by atoms with van der Waals surface area (Å²) in [6.45, 7) is 1.76. The fraction of sp³-hybridized carbons (Fsp3) is 0.0952. The summed E-state index contributed by atoms with van der Waals surface area (Å²) in [6, 6.07) is 21.4. The van der Waals surface area contributed by atoms with Crippen LogP contribution in [0.5, 0.6) is 0 Å². The molecule has 134 valence electrons. The Morgan fingerprint density at radius 2 is 1.63 bits per heavy atom. The van der Waals surface area contributed by atoms with E-state index in [0.29, 0.717) is 17.4 Å². The molecule has 0 radical (unpaired) electrons. The van der Waals surface area contributed by atoms with Crippen molar-refractivity contribution in [3.05, 3.63) is 89.1 Å². The Hall–Kier alpha value is -3.25. The third-order valence-electron chi connectivity index (χ3n) is 4.17. The summed E-state index contributed by atoms with van der Waals surface area (Å²) in [6.07, 6.45) is 0. The number of nitrogens with zero attached hydrogens (tertiary/aromatic N) is 2. The number of aromatic nitrogens is 2. The lowest BCUT2D eigenvalue weighted by Crippen LogP contribution is -2.22. The highest BCUT2D eigenvalue weighted by atomic mass is 32.1. The van der Waals surface area contributed by atoms with Gasteiger partial charge in [0.15, 0.2) is 5.82 Å². The average molecular weight is 375 g/mol. The molecule has 4 rings (SSSR count). The molecule has 1 N–H and O–H groups in total. The van der Waals surface area contributed by atoms with Crippen LogP contribution in [0, 0.1) is 6.92 Å². The fourth-order valence-electron chi connectivity index (χ4n) is 2.95. The van der Waals surface area contributed by atoms with Gasteiger partial charge in [-0.2, -0.15) is 4.98 Å². The molecule has 1 amide bonds. The van der Waals surface area contributed by atoms with Crippen LogP contribution in [0.2, 0.25) is 0 Å². The van der Waals surface area contributed by atoms with E-state index in [1.165, 1.54) is 11.3 Å². The quantitative estimate of drug-likeness (QED) is 0.540. The Morgan fingerprint density at radius 3 is 2.19 bits per heavy atom. The van der Waals surface area contributed by atoms with Gasteiger partial charge in [0.2, 0.25) is 5.91 Å². The molecule has 5 nitrogen and oxygen atoms in total. The highest BCUT2D eigenvalue weighted by Crippen LogP contribution is 2.34. The van der Waals surface area contributed by atoms with Gasteiger partial charge in [-0.3, -0.25) is 4.79 Å². The molecule has 2 aromatic carbocycles. The fourth-order valence-corrected chi connectivity index (χ4v) is 3.72. The van der Waals surface area contributed by atoms with E-state index in [9.17, 15) is 4.79 Å². The van der Waals surface area contributed by atoms with E-state index < -0.39 is 5.92 Å². The topological polar surface area (TPSA) is 68.0 Å². The molecule has 2 aromatic heterocycles. The maximum Gasteiger partial charge on any atom is 0.270 e. The summed E-state index contributed by atoms with van der Waals surface area (Å²) in [7, 11) is 0. The molecule has 4 aromatic rings. The maximum atomic E-state index is 13.2. The van der Waals surface area contributed by atoms with Crippen LogP contribution < -0.4 is 5.32 Å². The Balaban J connectivity index is 1.67. The zero-order chi connectivity index (χ0) is 18.6. The Labute approximate surface area is 160 Å². The molecule has 0 unspecified atom stereocenters. The summed E-state index contributed by atoms with van der Waals surface area (Å²) >= 11 is 1.45. The standard InChI is InChI=1S/C21H17N3O2S/c1-14-22-21(26-24-14)19-17(12-13-27-19)23-20(25)18(15-8-4-2-5-9-15)16-10-6-3-7-11-16/h2-13,18H,1H3,(H,23,25). The molecule has 27 heavy (non-hydrogen) atoms. The molecule has 0 atom stereocenters. The van der Waals surface area contributed by atoms with Gasteiger partial charge >= 0.3 is 0 Å². The summed E-state index contributed by atoms with van der Waals surface area (Å²) in [4.78, 5) is 18.2. The number of benzene rings is 2. The van der Waals surface area contributed by atoms with Crippen molar-refractivity contribution in [3.63, 3.8) is 0 Å². The molecular weight excluding hydrogens is 358 g/mol. The van der Waals surface area contributed by atoms with Gasteiger partial charge in [-0.05, 0) is 29.5 Å². The number of hydrogen-bond acceptors (Lipinski definition) is 5. The Kier molecular flexibility index (Phi) is 4.80. The highest BCUT2D eigenvalue weighted by molar-refractivity contribution is 7.14. The number of aryl methyl sites for hydroxylation is 1. The normalized spacial score (nSPS) is 10.9. The van der Waals surface area contributed by atoms with Crippen molar-refractivity contribution in [3.8, 4) is 10.8 Å². The van der Waals surface area contributed by atoms with Crippen LogP contribution in [0.4, 0.5) is 5.69 Å². The first-order valence-electron chi connectivity index (χ1n) is 8.51. The zero-order valence-electron chi connectivity index (χ0n) is 14.6. The molecule has 0 aliphatic heterocycles. The monoisotopic (exact) mass is 375 g/mol. The lowest BCUT2D eigenvalue weighted by molar-refractivity contribution is -0.116. The molecule has 0 bridgehead atoms. The summed E-state index contributed by atoms with van der Waals surface area (Å²) in [5.74, 6) is 0.448. The van der Waals surface area contributed by atoms with Crippen molar-refractivity contribution in [1.82, 2.24) is 10.1 Å². The largest absolute Gasteiger partial charge is 0.333 e. The molecule has 0 spiro atoms. The van der Waals surface area contributed by atoms with E-state index in [0.717, 1.165) is 16.0 Å². The molecule has 0 aliphatic carbocycles. The SMILES string of the molecule is Cc1noc(-c2sccc2NC(=O)C(c2ccccc2)c2ccccc2)n1. The third-order valence-corrected chi connectivity index (χ3v) is 5.08. The first-order chi connectivity index (χ1) is 13.2. The van der Waals surface area contributed by atoms with E-state index >= 15 is 0 Å². The number of nitrogens with one attached hydrogen (secondary N) is 1. The second-order valence-electron chi connectivity index (χ2n) is 6.05. The third kappa shape index (κ3) is 3.66. The second kappa shape index (κ2) is 7.55. The van der Waals surface area contributed by atoms with Crippen LogP contribution in [0.1, 0.15) is 22.9 Å². The molecule has 0 saturated carbocycles. The zero-order valence-corrected chi connectivity index (χ0v) is 15.4. The molecular formula is C21H17N3O2S. The smallest absolute Gasteiger partial charge is 0.270 e. The van der Waals surface area contributed by atoms with Gasteiger partial charge in [0.25, 0.3) is 5.89 Å². The summed E-state index contributed by atoms with van der Waals surface area (Å²) in [5.41, 5.74) is 2.55. The first kappa shape index (κ1) is 17.2. The summed E-state index contributed by atoms with van der Waals surface area (Å²) in [5, 5.41) is 8.76. The highest BCUT2D eigenvalue weighted by Gasteiger charge is 2.24. The molecule has 0 aliphatic rings. The predicted molar refractivity (Wildman–Crippen MR) is 106 cm³/mol. The van der Waals surface area contributed by atoms with Crippen molar-refractivity contribution >= 4 is 22.9 Å². The lowest BCUT2D eigenvalue weighted by Gasteiger charge is -2.18. The maximum absolute atomic E-state index is 13.2. The van der Waals surface area contributed by atoms with Gasteiger partial charge in [0.05, 0.1) is 11.6 Å². The van der Waals surface area contributed by atoms with E-state index in [1.807, 2.05) is 72.1 Å². The van der Waals surface area contributed by atoms with Crippen LogP contribution in [0.15, 0.2) is 76.6 Å². The molecule has 0 fully saturated rings. The van der Waals surface area contributed by atoms with Crippen molar-refractivity contribution in [2.75, 3.05) is 5.32 Å². The van der Waals surface area contributed by atoms with Crippen molar-refractivity contribution in [2.24, 2.45) is 0 Å². The molecule has 6 heteroatoms. The van der Waals surface area contributed by atoms with Gasteiger partial charge in [0.1, 0.15) is 4.88 Å². The van der Waals surface area contributed by atoms with Gasteiger partial charge in [-0.25, -0.2) is 0 Å². The lowest BCUT2D eigenvalue weighted by atomic mass is 9.90. The minimum absolute atomic E-state index is 0.108. The number of rotatable bonds is 5. The Bertz CT molecular complexity index is 1000. The van der Waals surface area contributed by atoms with Gasteiger partial charge in [0, 0.05) is 0 Å². The van der Waals surface area contributed by atoms with E-state index in [2.05, 4.69) is 15.5 Å². The predicted octanol–water partition coefficient (Wildman–Crippen LogP) is 4.88.